The summed E-state index contributed by atoms with van der Waals surface area (Å²) >= 11 is 0. The molecule has 0 radical (unpaired) electrons. The number of nitrogens with zero attached hydrogens (tertiary/aromatic N) is 4. The van der Waals surface area contributed by atoms with E-state index in [0.29, 0.717) is 5.39 Å². The van der Waals surface area contributed by atoms with Gasteiger partial charge in [0.2, 0.25) is 5.82 Å². The average Bonchev–Trinajstić information content (AvgIpc) is 2.74. The van der Waals surface area contributed by atoms with Gasteiger partial charge in [0.15, 0.2) is 0 Å². The first kappa shape index (κ1) is 21.4. The van der Waals surface area contributed by atoms with E-state index in [4.69, 9.17) is 0 Å². The Balaban J connectivity index is 1.42. The molecule has 3 aromatic rings. The summed E-state index contributed by atoms with van der Waals surface area (Å²) in [6.45, 7) is 8.46. The maximum absolute atomic E-state index is 13.2. The summed E-state index contributed by atoms with van der Waals surface area (Å²) in [5.74, 6) is -0.892. The first-order valence-electron chi connectivity index (χ1n) is 10.4. The van der Waals surface area contributed by atoms with Crippen LogP contribution in [0.3, 0.4) is 0 Å². The van der Waals surface area contributed by atoms with E-state index in [1.54, 1.807) is 24.3 Å². The molecule has 0 spiro atoms. The largest absolute Gasteiger partial charge is 0.451 e. The topological polar surface area (TPSA) is 44.3 Å². The molecule has 4 rings (SSSR count). The summed E-state index contributed by atoms with van der Waals surface area (Å²) in [7, 11) is 0. The minimum Gasteiger partial charge on any atom is -0.369 e. The fourth-order valence-corrected chi connectivity index (χ4v) is 4.07. The number of para-hydroxylation sites is 2. The van der Waals surface area contributed by atoms with Gasteiger partial charge in [0, 0.05) is 49.8 Å². The third kappa shape index (κ3) is 4.90. The van der Waals surface area contributed by atoms with E-state index in [9.17, 15) is 13.2 Å². The monoisotopic (exact) mass is 429 g/mol. The highest BCUT2D eigenvalue weighted by molar-refractivity contribution is 5.89. The zero-order valence-corrected chi connectivity index (χ0v) is 17.7. The molecule has 1 N–H and O–H groups in total. The number of aromatic nitrogens is 2. The second-order valence-corrected chi connectivity index (χ2v) is 8.03. The third-order valence-corrected chi connectivity index (χ3v) is 5.60. The quantitative estimate of drug-likeness (QED) is 0.643. The van der Waals surface area contributed by atoms with Crippen molar-refractivity contribution in [1.29, 1.82) is 0 Å². The van der Waals surface area contributed by atoms with Crippen LogP contribution in [0.5, 0.6) is 0 Å². The van der Waals surface area contributed by atoms with Crippen molar-refractivity contribution in [3.8, 4) is 0 Å². The van der Waals surface area contributed by atoms with Gasteiger partial charge in [0.1, 0.15) is 5.82 Å². The molecule has 1 aliphatic rings. The molecule has 31 heavy (non-hydrogen) atoms. The van der Waals surface area contributed by atoms with Crippen molar-refractivity contribution in [3.63, 3.8) is 0 Å². The molecule has 1 aromatic heterocycles. The molecule has 1 atom stereocenters. The second-order valence-electron chi connectivity index (χ2n) is 8.03. The normalized spacial score (nSPS) is 16.5. The molecule has 2 aromatic carbocycles. The van der Waals surface area contributed by atoms with E-state index in [-0.39, 0.29) is 17.4 Å². The van der Waals surface area contributed by atoms with Crippen molar-refractivity contribution in [3.05, 3.63) is 59.9 Å². The molecule has 0 saturated carbocycles. The first-order chi connectivity index (χ1) is 14.8. The van der Waals surface area contributed by atoms with Crippen LogP contribution in [0.15, 0.2) is 48.5 Å². The molecule has 5 nitrogen and oxygen atoms in total. The third-order valence-electron chi connectivity index (χ3n) is 5.60. The SMILES string of the molecule is Cc1ccccc1N1CCN(C[C@H](C)Nc2nc(C(F)(F)F)nc3ccccc23)CC1. The van der Waals surface area contributed by atoms with Crippen LogP contribution in [0, 0.1) is 6.92 Å². The molecule has 1 aliphatic heterocycles. The Labute approximate surface area is 179 Å². The lowest BCUT2D eigenvalue weighted by Gasteiger charge is -2.38. The molecule has 8 heteroatoms. The highest BCUT2D eigenvalue weighted by Crippen LogP contribution is 2.30. The highest BCUT2D eigenvalue weighted by atomic mass is 19.4. The first-order valence-corrected chi connectivity index (χ1v) is 10.4. The number of fused-ring (bicyclic) bond motifs is 1. The molecule has 0 aliphatic carbocycles. The molecule has 164 valence electrons. The number of nitrogens with one attached hydrogen (secondary N) is 1. The Hall–Kier alpha value is -2.87. The standard InChI is InChI=1S/C23H26F3N5/c1-16-7-3-6-10-20(16)31-13-11-30(12-14-31)15-17(2)27-21-18-8-4-5-9-19(18)28-22(29-21)23(24,25)26/h3-10,17H,11-15H2,1-2H3,(H,27,28,29)/t17-/m0/s1. The predicted molar refractivity (Wildman–Crippen MR) is 117 cm³/mol. The Kier molecular flexibility index (Phi) is 6.00. The van der Waals surface area contributed by atoms with Crippen molar-refractivity contribution < 1.29 is 13.2 Å². The van der Waals surface area contributed by atoms with Gasteiger partial charge in [-0.1, -0.05) is 30.3 Å². The van der Waals surface area contributed by atoms with Crippen molar-refractivity contribution in [2.24, 2.45) is 0 Å². The minimum absolute atomic E-state index is 0.0654. The van der Waals surface area contributed by atoms with E-state index in [1.807, 2.05) is 13.0 Å². The zero-order chi connectivity index (χ0) is 22.0. The summed E-state index contributed by atoms with van der Waals surface area (Å²) < 4.78 is 39.7. The molecule has 0 amide bonds. The van der Waals surface area contributed by atoms with Gasteiger partial charge in [-0.15, -0.1) is 0 Å². The number of benzene rings is 2. The molecule has 0 bridgehead atoms. The number of rotatable bonds is 5. The average molecular weight is 429 g/mol. The molecule has 0 unspecified atom stereocenters. The van der Waals surface area contributed by atoms with Gasteiger partial charge in [0.05, 0.1) is 5.52 Å². The number of aryl methyl sites for hydroxylation is 1. The van der Waals surface area contributed by atoms with Crippen LogP contribution in [0.2, 0.25) is 0 Å². The number of piperazine rings is 1. The molecular weight excluding hydrogens is 403 g/mol. The van der Waals surface area contributed by atoms with Gasteiger partial charge in [-0.05, 0) is 37.6 Å². The smallest absolute Gasteiger partial charge is 0.369 e. The zero-order valence-electron chi connectivity index (χ0n) is 17.7. The van der Waals surface area contributed by atoms with E-state index in [2.05, 4.69) is 50.2 Å². The van der Waals surface area contributed by atoms with Crippen molar-refractivity contribution in [1.82, 2.24) is 14.9 Å². The van der Waals surface area contributed by atoms with Crippen molar-refractivity contribution >= 4 is 22.4 Å². The van der Waals surface area contributed by atoms with Crippen LogP contribution in [0.1, 0.15) is 18.3 Å². The number of alkyl halides is 3. The minimum atomic E-state index is -4.59. The maximum Gasteiger partial charge on any atom is 0.451 e. The van der Waals surface area contributed by atoms with Gasteiger partial charge < -0.3 is 10.2 Å². The Bertz CT molecular complexity index is 1040. The van der Waals surface area contributed by atoms with E-state index < -0.39 is 12.0 Å². The van der Waals surface area contributed by atoms with Crippen molar-refractivity contribution in [2.75, 3.05) is 42.9 Å². The summed E-state index contributed by atoms with van der Waals surface area (Å²) in [4.78, 5) is 12.2. The number of hydrogen-bond acceptors (Lipinski definition) is 5. The Morgan fingerprint density at radius 1 is 0.968 bits per heavy atom. The van der Waals surface area contributed by atoms with Gasteiger partial charge in [-0.2, -0.15) is 13.2 Å². The lowest BCUT2D eigenvalue weighted by atomic mass is 10.1. The maximum atomic E-state index is 13.2. The van der Waals surface area contributed by atoms with Gasteiger partial charge in [0.25, 0.3) is 0 Å². The second kappa shape index (κ2) is 8.70. The van der Waals surface area contributed by atoms with Crippen LogP contribution < -0.4 is 10.2 Å². The molecule has 1 fully saturated rings. The van der Waals surface area contributed by atoms with Gasteiger partial charge >= 0.3 is 6.18 Å². The number of halogens is 3. The molecule has 1 saturated heterocycles. The number of hydrogen-bond donors (Lipinski definition) is 1. The van der Waals surface area contributed by atoms with Crippen LogP contribution >= 0.6 is 0 Å². The molecular formula is C23H26F3N5. The van der Waals surface area contributed by atoms with Crippen LogP contribution in [0.25, 0.3) is 10.9 Å². The summed E-state index contributed by atoms with van der Waals surface area (Å²) in [6.07, 6.45) is -4.59. The lowest BCUT2D eigenvalue weighted by molar-refractivity contribution is -0.144. The van der Waals surface area contributed by atoms with Crippen LogP contribution in [-0.4, -0.2) is 53.6 Å². The van der Waals surface area contributed by atoms with Crippen LogP contribution in [0.4, 0.5) is 24.7 Å². The molecule has 2 heterocycles. The number of anilines is 2. The van der Waals surface area contributed by atoms with E-state index >= 15 is 0 Å². The Morgan fingerprint density at radius 3 is 2.35 bits per heavy atom. The fourth-order valence-electron chi connectivity index (χ4n) is 4.07. The Morgan fingerprint density at radius 2 is 1.65 bits per heavy atom. The van der Waals surface area contributed by atoms with Crippen molar-refractivity contribution in [2.45, 2.75) is 26.1 Å². The summed E-state index contributed by atoms with van der Waals surface area (Å²) in [5.41, 5.74) is 2.81. The van der Waals surface area contributed by atoms with E-state index in [1.165, 1.54) is 11.3 Å². The van der Waals surface area contributed by atoms with Crippen LogP contribution in [-0.2, 0) is 6.18 Å². The lowest BCUT2D eigenvalue weighted by Crippen LogP contribution is -2.49. The fraction of sp³-hybridized carbons (Fsp3) is 0.391. The summed E-state index contributed by atoms with van der Waals surface area (Å²) in [6, 6.07) is 15.1. The van der Waals surface area contributed by atoms with Gasteiger partial charge in [-0.3, -0.25) is 4.90 Å². The van der Waals surface area contributed by atoms with E-state index in [0.717, 1.165) is 32.7 Å². The van der Waals surface area contributed by atoms with Gasteiger partial charge in [-0.25, -0.2) is 9.97 Å². The summed E-state index contributed by atoms with van der Waals surface area (Å²) in [5, 5.41) is 3.78. The predicted octanol–water partition coefficient (Wildman–Crippen LogP) is 4.58. The highest BCUT2D eigenvalue weighted by Gasteiger charge is 2.35.